The fraction of sp³-hybridized carbons (Fsp3) is 0.800. The minimum atomic E-state index is -0.282. The number of hydrogen-bond donors (Lipinski definition) is 0. The molecule has 0 bridgehead atoms. The molecule has 4 heteroatoms. The van der Waals surface area contributed by atoms with E-state index in [1.54, 1.807) is 6.92 Å². The lowest BCUT2D eigenvalue weighted by atomic mass is 10.1. The van der Waals surface area contributed by atoms with Gasteiger partial charge in [-0.2, -0.15) is 0 Å². The second kappa shape index (κ2) is 9.00. The van der Waals surface area contributed by atoms with Crippen molar-refractivity contribution in [2.45, 2.75) is 45.4 Å². The average Bonchev–Trinajstić information content (AvgIpc) is 2.11. The fourth-order valence-electron chi connectivity index (χ4n) is 1.12. The highest BCUT2D eigenvalue weighted by molar-refractivity contribution is 6.63. The van der Waals surface area contributed by atoms with Crippen LogP contribution in [0.15, 0.2) is 0 Å². The molecular weight excluding hydrogens is 204 g/mol. The summed E-state index contributed by atoms with van der Waals surface area (Å²) in [6.07, 6.45) is 4.44. The number of carbonyl (C=O) groups excluding carboxylic acids is 2. The summed E-state index contributed by atoms with van der Waals surface area (Å²) >= 11 is 5.17. The molecule has 0 unspecified atom stereocenters. The van der Waals surface area contributed by atoms with Crippen LogP contribution in [0.5, 0.6) is 0 Å². The minimum absolute atomic E-state index is 0.138. The van der Waals surface area contributed by atoms with E-state index < -0.39 is 0 Å². The van der Waals surface area contributed by atoms with Gasteiger partial charge in [-0.1, -0.05) is 12.8 Å². The third kappa shape index (κ3) is 9.52. The van der Waals surface area contributed by atoms with E-state index in [0.717, 1.165) is 25.7 Å². The van der Waals surface area contributed by atoms with Crippen LogP contribution in [0.25, 0.3) is 0 Å². The molecule has 0 heterocycles. The molecule has 0 aliphatic heterocycles. The molecule has 0 aromatic rings. The fourth-order valence-corrected chi connectivity index (χ4v) is 1.25. The van der Waals surface area contributed by atoms with Gasteiger partial charge in [-0.3, -0.25) is 9.59 Å². The molecule has 3 nitrogen and oxygen atoms in total. The second-order valence-electron chi connectivity index (χ2n) is 3.07. The van der Waals surface area contributed by atoms with E-state index in [4.69, 9.17) is 16.3 Å². The van der Waals surface area contributed by atoms with E-state index in [2.05, 4.69) is 0 Å². The molecule has 0 N–H and O–H groups in total. The SMILES string of the molecule is CCOC(=O)CCCCCCC(=O)Cl. The van der Waals surface area contributed by atoms with Crippen molar-refractivity contribution >= 4 is 22.8 Å². The first-order valence-electron chi connectivity index (χ1n) is 5.00. The highest BCUT2D eigenvalue weighted by Crippen LogP contribution is 2.07. The van der Waals surface area contributed by atoms with Crippen LogP contribution in [-0.4, -0.2) is 17.8 Å². The van der Waals surface area contributed by atoms with Gasteiger partial charge in [0.1, 0.15) is 0 Å². The number of hydrogen-bond acceptors (Lipinski definition) is 3. The van der Waals surface area contributed by atoms with Gasteiger partial charge in [0, 0.05) is 12.8 Å². The third-order valence-corrected chi connectivity index (χ3v) is 2.00. The van der Waals surface area contributed by atoms with Gasteiger partial charge in [0.15, 0.2) is 0 Å². The van der Waals surface area contributed by atoms with E-state index >= 15 is 0 Å². The number of esters is 1. The van der Waals surface area contributed by atoms with Gasteiger partial charge in [-0.25, -0.2) is 0 Å². The summed E-state index contributed by atoms with van der Waals surface area (Å²) in [4.78, 5) is 21.2. The molecule has 0 amide bonds. The molecule has 0 saturated carbocycles. The third-order valence-electron chi connectivity index (χ3n) is 1.81. The van der Waals surface area contributed by atoms with Gasteiger partial charge in [-0.15, -0.1) is 0 Å². The second-order valence-corrected chi connectivity index (χ2v) is 3.50. The van der Waals surface area contributed by atoms with Crippen LogP contribution < -0.4 is 0 Å². The summed E-state index contributed by atoms with van der Waals surface area (Å²) < 4.78 is 4.77. The Kier molecular flexibility index (Phi) is 8.64. The monoisotopic (exact) mass is 220 g/mol. The zero-order chi connectivity index (χ0) is 10.8. The lowest BCUT2D eigenvalue weighted by molar-refractivity contribution is -0.143. The van der Waals surface area contributed by atoms with Crippen molar-refractivity contribution in [3.05, 3.63) is 0 Å². The molecule has 0 rings (SSSR count). The number of ether oxygens (including phenoxy) is 1. The van der Waals surface area contributed by atoms with Crippen LogP contribution in [0.3, 0.4) is 0 Å². The minimum Gasteiger partial charge on any atom is -0.466 e. The van der Waals surface area contributed by atoms with Crippen LogP contribution in [-0.2, 0) is 14.3 Å². The van der Waals surface area contributed by atoms with E-state index in [9.17, 15) is 9.59 Å². The molecule has 0 aromatic heterocycles. The van der Waals surface area contributed by atoms with E-state index in [1.165, 1.54) is 0 Å². The molecule has 0 radical (unpaired) electrons. The van der Waals surface area contributed by atoms with Crippen LogP contribution in [0, 0.1) is 0 Å². The maximum Gasteiger partial charge on any atom is 0.305 e. The van der Waals surface area contributed by atoms with E-state index in [-0.39, 0.29) is 11.2 Å². The van der Waals surface area contributed by atoms with Crippen molar-refractivity contribution in [1.82, 2.24) is 0 Å². The van der Waals surface area contributed by atoms with Crippen molar-refractivity contribution < 1.29 is 14.3 Å². The Balaban J connectivity index is 3.13. The number of halogens is 1. The van der Waals surface area contributed by atoms with E-state index in [0.29, 0.717) is 19.4 Å². The Morgan fingerprint density at radius 3 is 2.14 bits per heavy atom. The summed E-state index contributed by atoms with van der Waals surface area (Å²) in [6.45, 7) is 2.24. The predicted octanol–water partition coefficient (Wildman–Crippen LogP) is 2.66. The normalized spacial score (nSPS) is 9.86. The molecule has 0 aromatic carbocycles. The highest BCUT2D eigenvalue weighted by Gasteiger charge is 2.01. The standard InChI is InChI=1S/C10H17ClO3/c1-2-14-10(13)8-6-4-3-5-7-9(11)12/h2-8H2,1H3. The molecular formula is C10H17ClO3. The quantitative estimate of drug-likeness (QED) is 0.359. The van der Waals surface area contributed by atoms with Crippen LogP contribution in [0.2, 0.25) is 0 Å². The van der Waals surface area contributed by atoms with Gasteiger partial charge in [0.25, 0.3) is 0 Å². The summed E-state index contributed by atoms with van der Waals surface area (Å²) in [5.41, 5.74) is 0. The first-order valence-corrected chi connectivity index (χ1v) is 5.38. The predicted molar refractivity (Wildman–Crippen MR) is 55.2 cm³/mol. The molecule has 0 aliphatic carbocycles. The van der Waals surface area contributed by atoms with Crippen molar-refractivity contribution in [1.29, 1.82) is 0 Å². The van der Waals surface area contributed by atoms with Gasteiger partial charge in [0.2, 0.25) is 5.24 Å². The zero-order valence-electron chi connectivity index (χ0n) is 8.55. The zero-order valence-corrected chi connectivity index (χ0v) is 9.31. The van der Waals surface area contributed by atoms with Crippen molar-refractivity contribution in [2.75, 3.05) is 6.61 Å². The topological polar surface area (TPSA) is 43.4 Å². The van der Waals surface area contributed by atoms with Crippen LogP contribution in [0.1, 0.15) is 45.4 Å². The van der Waals surface area contributed by atoms with E-state index in [1.807, 2.05) is 0 Å². The lowest BCUT2D eigenvalue weighted by Crippen LogP contribution is -2.03. The Hall–Kier alpha value is -0.570. The first kappa shape index (κ1) is 13.4. The lowest BCUT2D eigenvalue weighted by Gasteiger charge is -2.01. The summed E-state index contributed by atoms with van der Waals surface area (Å²) in [5, 5.41) is -0.282. The molecule has 0 atom stereocenters. The summed E-state index contributed by atoms with van der Waals surface area (Å²) in [6, 6.07) is 0. The molecule has 82 valence electrons. The van der Waals surface area contributed by atoms with Crippen molar-refractivity contribution in [3.63, 3.8) is 0 Å². The van der Waals surface area contributed by atoms with Crippen LogP contribution in [0.4, 0.5) is 0 Å². The Morgan fingerprint density at radius 1 is 1.07 bits per heavy atom. The number of rotatable bonds is 8. The molecule has 0 saturated heterocycles. The average molecular weight is 221 g/mol. The summed E-state index contributed by atoms with van der Waals surface area (Å²) in [5.74, 6) is -0.138. The van der Waals surface area contributed by atoms with Crippen molar-refractivity contribution in [2.24, 2.45) is 0 Å². The van der Waals surface area contributed by atoms with Gasteiger partial charge >= 0.3 is 5.97 Å². The van der Waals surface area contributed by atoms with Crippen molar-refractivity contribution in [3.8, 4) is 0 Å². The Bertz CT molecular complexity index is 180. The smallest absolute Gasteiger partial charge is 0.305 e. The maximum absolute atomic E-state index is 10.9. The molecule has 14 heavy (non-hydrogen) atoms. The summed E-state index contributed by atoms with van der Waals surface area (Å²) in [7, 11) is 0. The molecule has 0 aliphatic rings. The van der Waals surface area contributed by atoms with Gasteiger partial charge < -0.3 is 4.74 Å². The Morgan fingerprint density at radius 2 is 1.64 bits per heavy atom. The number of carbonyl (C=O) groups is 2. The first-order chi connectivity index (χ1) is 6.66. The highest BCUT2D eigenvalue weighted by atomic mass is 35.5. The largest absolute Gasteiger partial charge is 0.466 e. The Labute approximate surface area is 89.8 Å². The van der Waals surface area contributed by atoms with Gasteiger partial charge in [-0.05, 0) is 31.4 Å². The molecule has 0 spiro atoms. The maximum atomic E-state index is 10.9. The molecule has 0 fully saturated rings. The van der Waals surface area contributed by atoms with Crippen LogP contribution >= 0.6 is 11.6 Å². The number of unbranched alkanes of at least 4 members (excludes halogenated alkanes) is 3. The van der Waals surface area contributed by atoms with Gasteiger partial charge in [0.05, 0.1) is 6.61 Å².